The molecule has 62 valence electrons. The second-order valence-corrected chi connectivity index (χ2v) is 3.30. The van der Waals surface area contributed by atoms with E-state index in [2.05, 4.69) is 4.44 Å². The van der Waals surface area contributed by atoms with Gasteiger partial charge in [-0.25, -0.2) is 4.81 Å². The third-order valence-electron chi connectivity index (χ3n) is 2.59. The minimum Gasteiger partial charge on any atom is -0.498 e. The summed E-state index contributed by atoms with van der Waals surface area (Å²) in [6, 6.07) is 7.86. The Kier molecular flexibility index (Phi) is 1.06. The molecule has 1 N–H and O–H groups in total. The molecule has 0 bridgehead atoms. The van der Waals surface area contributed by atoms with Crippen molar-refractivity contribution in [1.82, 2.24) is 0 Å². The maximum atomic E-state index is 9.83. The average Bonchev–Trinajstić information content (AvgIpc) is 2.78. The zero-order chi connectivity index (χ0) is 8.18. The van der Waals surface area contributed by atoms with E-state index in [-0.39, 0.29) is 0 Å². The Morgan fingerprint density at radius 1 is 1.42 bits per heavy atom. The fraction of sp³-hybridized carbons (Fsp3) is 0.250. The van der Waals surface area contributed by atoms with E-state index in [1.54, 1.807) is 0 Å². The standard InChI is InChI=1S/C8H9BO3/c10-9-8-4-2-1-3-7(8)5-6-12(9)11-9/h1-4,10H,5-6H2/t9-/m1/s1. The molecule has 3 rings (SSSR count). The van der Waals surface area contributed by atoms with E-state index in [1.807, 2.05) is 24.3 Å². The number of fused-ring (bicyclic) bond motifs is 3. The first-order valence-electron chi connectivity index (χ1n) is 4.15. The highest BCUT2D eigenvalue weighted by Crippen LogP contribution is 2.36. The SMILES string of the molecule is O[B@-]12O[O+]1CCc1ccccc12. The number of rotatable bonds is 0. The van der Waals surface area contributed by atoms with Crippen LogP contribution in [0.5, 0.6) is 0 Å². The molecule has 1 aromatic rings. The molecule has 1 aromatic carbocycles. The van der Waals surface area contributed by atoms with E-state index in [0.29, 0.717) is 0 Å². The summed E-state index contributed by atoms with van der Waals surface area (Å²) < 4.78 is 2.44. The number of hydrogen-bond acceptors (Lipinski definition) is 2. The van der Waals surface area contributed by atoms with Crippen LogP contribution in [0.25, 0.3) is 0 Å². The summed E-state index contributed by atoms with van der Waals surface area (Å²) >= 11 is 0. The largest absolute Gasteiger partial charge is 0.687 e. The summed E-state index contributed by atoms with van der Waals surface area (Å²) in [7, 11) is 0. The molecule has 0 radical (unpaired) electrons. The van der Waals surface area contributed by atoms with Gasteiger partial charge in [0.25, 0.3) is 0 Å². The molecule has 0 aromatic heterocycles. The van der Waals surface area contributed by atoms with Gasteiger partial charge in [0.05, 0.1) is 0 Å². The van der Waals surface area contributed by atoms with Crippen LogP contribution in [0.1, 0.15) is 5.56 Å². The molecule has 1 fully saturated rings. The summed E-state index contributed by atoms with van der Waals surface area (Å²) in [6.45, 7) is -1.08. The van der Waals surface area contributed by atoms with Crippen LogP contribution in [0.2, 0.25) is 0 Å². The van der Waals surface area contributed by atoms with Crippen molar-refractivity contribution in [3.63, 3.8) is 0 Å². The van der Waals surface area contributed by atoms with Crippen LogP contribution in [0.3, 0.4) is 0 Å². The van der Waals surface area contributed by atoms with E-state index in [1.165, 1.54) is 5.56 Å². The third-order valence-corrected chi connectivity index (χ3v) is 2.59. The van der Waals surface area contributed by atoms with Gasteiger partial charge in [0.15, 0.2) is 0 Å². The Bertz CT molecular complexity index is 339. The molecule has 1 saturated heterocycles. The molecular formula is C8H9BO3. The van der Waals surface area contributed by atoms with Crippen LogP contribution >= 0.6 is 0 Å². The Labute approximate surface area is 70.2 Å². The zero-order valence-electron chi connectivity index (χ0n) is 6.56. The molecule has 2 aliphatic rings. The van der Waals surface area contributed by atoms with Crippen molar-refractivity contribution in [2.75, 3.05) is 6.61 Å². The van der Waals surface area contributed by atoms with Crippen LogP contribution in [-0.2, 0) is 15.7 Å². The molecule has 2 heterocycles. The fourth-order valence-corrected chi connectivity index (χ4v) is 1.87. The molecular weight excluding hydrogens is 155 g/mol. The minimum absolute atomic E-state index is 0.730. The molecule has 12 heavy (non-hydrogen) atoms. The van der Waals surface area contributed by atoms with Gasteiger partial charge in [-0.05, 0) is 5.46 Å². The lowest BCUT2D eigenvalue weighted by Gasteiger charge is -2.15. The first-order chi connectivity index (χ1) is 5.81. The Morgan fingerprint density at radius 2 is 2.25 bits per heavy atom. The van der Waals surface area contributed by atoms with Gasteiger partial charge in [0.1, 0.15) is 6.61 Å². The Hall–Kier alpha value is -0.835. The lowest BCUT2D eigenvalue weighted by Crippen LogP contribution is -2.43. The topological polar surface area (TPSA) is 35.5 Å². The highest BCUT2D eigenvalue weighted by atomic mass is 17.4. The van der Waals surface area contributed by atoms with Crippen molar-refractivity contribution in [3.05, 3.63) is 29.8 Å². The van der Waals surface area contributed by atoms with Crippen LogP contribution < -0.4 is 5.46 Å². The van der Waals surface area contributed by atoms with Crippen molar-refractivity contribution < 1.29 is 14.3 Å². The van der Waals surface area contributed by atoms with Gasteiger partial charge in [0, 0.05) is 6.42 Å². The van der Waals surface area contributed by atoms with Gasteiger partial charge in [-0.1, -0.05) is 29.8 Å². The first-order valence-corrected chi connectivity index (χ1v) is 4.15. The summed E-state index contributed by atoms with van der Waals surface area (Å²) in [6.07, 6.45) is 0.935. The molecule has 2 aliphatic heterocycles. The highest BCUT2D eigenvalue weighted by molar-refractivity contribution is 6.80. The normalized spacial score (nSPS) is 32.4. The molecule has 0 aliphatic carbocycles. The molecule has 0 saturated carbocycles. The van der Waals surface area contributed by atoms with Crippen LogP contribution in [-0.4, -0.2) is 18.4 Å². The van der Waals surface area contributed by atoms with Crippen molar-refractivity contribution in [1.29, 1.82) is 0 Å². The van der Waals surface area contributed by atoms with Crippen LogP contribution in [0, 0.1) is 0 Å². The minimum atomic E-state index is -1.81. The second kappa shape index (κ2) is 1.91. The van der Waals surface area contributed by atoms with E-state index < -0.39 is 6.75 Å². The van der Waals surface area contributed by atoms with Crippen molar-refractivity contribution in [2.24, 2.45) is 0 Å². The maximum absolute atomic E-state index is 9.83. The molecule has 0 unspecified atom stereocenters. The second-order valence-electron chi connectivity index (χ2n) is 3.30. The Morgan fingerprint density at radius 3 is 3.17 bits per heavy atom. The van der Waals surface area contributed by atoms with Gasteiger partial charge >= 0.3 is 6.75 Å². The summed E-state index contributed by atoms with van der Waals surface area (Å²) in [5, 5.41) is 9.83. The predicted molar refractivity (Wildman–Crippen MR) is 44.8 cm³/mol. The van der Waals surface area contributed by atoms with Crippen LogP contribution in [0.15, 0.2) is 24.3 Å². The smallest absolute Gasteiger partial charge is 0.498 e. The lowest BCUT2D eigenvalue weighted by molar-refractivity contribution is -0.144. The summed E-state index contributed by atoms with van der Waals surface area (Å²) in [5.41, 5.74) is 2.12. The number of hydrogen-bond donors (Lipinski definition) is 1. The lowest BCUT2D eigenvalue weighted by atomic mass is 9.68. The fourth-order valence-electron chi connectivity index (χ4n) is 1.87. The summed E-state index contributed by atoms with van der Waals surface area (Å²) in [4.78, 5) is 5.06. The van der Waals surface area contributed by atoms with Gasteiger partial charge in [-0.2, -0.15) is 0 Å². The van der Waals surface area contributed by atoms with Gasteiger partial charge in [-0.15, -0.1) is 0 Å². The summed E-state index contributed by atoms with van der Waals surface area (Å²) in [5.74, 6) is 0. The molecule has 1 atom stereocenters. The average molecular weight is 164 g/mol. The molecule has 4 heteroatoms. The monoisotopic (exact) mass is 164 g/mol. The van der Waals surface area contributed by atoms with E-state index in [4.69, 9.17) is 4.81 Å². The van der Waals surface area contributed by atoms with E-state index >= 15 is 0 Å². The quantitative estimate of drug-likeness (QED) is 0.251. The van der Waals surface area contributed by atoms with Crippen LogP contribution in [0.4, 0.5) is 0 Å². The van der Waals surface area contributed by atoms with Gasteiger partial charge < -0.3 is 9.46 Å². The Balaban J connectivity index is 2.19. The first kappa shape index (κ1) is 6.66. The maximum Gasteiger partial charge on any atom is 0.687 e. The van der Waals surface area contributed by atoms with Crippen molar-refractivity contribution >= 4 is 12.2 Å². The van der Waals surface area contributed by atoms with Crippen molar-refractivity contribution in [3.8, 4) is 0 Å². The van der Waals surface area contributed by atoms with E-state index in [9.17, 15) is 5.02 Å². The molecule has 0 spiro atoms. The van der Waals surface area contributed by atoms with Gasteiger partial charge in [-0.3, -0.25) is 0 Å². The third kappa shape index (κ3) is 0.671. The molecule has 0 amide bonds. The molecule has 3 nitrogen and oxygen atoms in total. The van der Waals surface area contributed by atoms with E-state index in [0.717, 1.165) is 18.5 Å². The highest BCUT2D eigenvalue weighted by Gasteiger charge is 2.66. The zero-order valence-corrected chi connectivity index (χ0v) is 6.56. The number of benzene rings is 1. The van der Waals surface area contributed by atoms with Gasteiger partial charge in [0.2, 0.25) is 0 Å². The van der Waals surface area contributed by atoms with Crippen molar-refractivity contribution in [2.45, 2.75) is 6.42 Å². The predicted octanol–water partition coefficient (Wildman–Crippen LogP) is -0.122.